The predicted octanol–water partition coefficient (Wildman–Crippen LogP) is 3.76. The molecular weight excluding hydrogens is 430 g/mol. The fraction of sp³-hybridized carbons (Fsp3) is 0.481. The summed E-state index contributed by atoms with van der Waals surface area (Å²) in [6.07, 6.45) is 1.25. The lowest BCUT2D eigenvalue weighted by Crippen LogP contribution is -2.57. The largest absolute Gasteiger partial charge is 0.497 e. The Morgan fingerprint density at radius 3 is 2.26 bits per heavy atom. The lowest BCUT2D eigenvalue weighted by atomic mass is 9.85. The van der Waals surface area contributed by atoms with Gasteiger partial charge in [-0.25, -0.2) is 4.79 Å². The average molecular weight is 466 g/mol. The Morgan fingerprint density at radius 2 is 1.62 bits per heavy atom. The van der Waals surface area contributed by atoms with E-state index < -0.39 is 5.54 Å². The van der Waals surface area contributed by atoms with Gasteiger partial charge in [-0.2, -0.15) is 0 Å². The molecule has 2 aromatic rings. The summed E-state index contributed by atoms with van der Waals surface area (Å²) < 4.78 is 10.6. The third-order valence-corrected chi connectivity index (χ3v) is 6.99. The van der Waals surface area contributed by atoms with Crippen LogP contribution in [-0.4, -0.2) is 72.6 Å². The maximum atomic E-state index is 13.8. The number of imide groups is 1. The number of carbonyl (C=O) groups excluding carboxylic acids is 2. The van der Waals surface area contributed by atoms with Crippen molar-refractivity contribution in [1.29, 1.82) is 0 Å². The third kappa shape index (κ3) is 4.81. The van der Waals surface area contributed by atoms with Gasteiger partial charge in [0, 0.05) is 33.3 Å². The third-order valence-electron chi connectivity index (χ3n) is 6.99. The normalized spacial score (nSPS) is 18.2. The van der Waals surface area contributed by atoms with Crippen LogP contribution in [0.1, 0.15) is 35.1 Å². The lowest BCUT2D eigenvalue weighted by molar-refractivity contribution is -0.136. The smallest absolute Gasteiger partial charge is 0.328 e. The second-order valence-corrected chi connectivity index (χ2v) is 9.47. The zero-order valence-electron chi connectivity index (χ0n) is 20.7. The maximum Gasteiger partial charge on any atom is 0.328 e. The van der Waals surface area contributed by atoms with Crippen molar-refractivity contribution in [3.63, 3.8) is 0 Å². The lowest BCUT2D eigenvalue weighted by Gasteiger charge is -2.42. The number of ether oxygens (including phenoxy) is 2. The zero-order chi connectivity index (χ0) is 24.3. The molecule has 2 aromatic carbocycles. The molecule has 34 heavy (non-hydrogen) atoms. The molecule has 2 saturated heterocycles. The van der Waals surface area contributed by atoms with Gasteiger partial charge in [0.2, 0.25) is 0 Å². The van der Waals surface area contributed by atoms with Gasteiger partial charge in [-0.1, -0.05) is 41.5 Å². The quantitative estimate of drug-likeness (QED) is 0.556. The van der Waals surface area contributed by atoms with E-state index >= 15 is 0 Å². The number of aryl methyl sites for hydroxylation is 2. The van der Waals surface area contributed by atoms with Gasteiger partial charge in [0.25, 0.3) is 5.91 Å². The number of nitrogens with zero attached hydrogens (tertiary/aromatic N) is 3. The monoisotopic (exact) mass is 465 g/mol. The fourth-order valence-electron chi connectivity index (χ4n) is 5.35. The molecule has 0 bridgehead atoms. The number of benzene rings is 2. The highest BCUT2D eigenvalue weighted by Gasteiger charge is 2.57. The number of carbonyl (C=O) groups is 2. The first kappa shape index (κ1) is 24.2. The Hall–Kier alpha value is -2.90. The van der Waals surface area contributed by atoms with Crippen LogP contribution in [0, 0.1) is 13.8 Å². The number of rotatable bonds is 8. The Balaban J connectivity index is 1.51. The first-order chi connectivity index (χ1) is 16.4. The predicted molar refractivity (Wildman–Crippen MR) is 131 cm³/mol. The summed E-state index contributed by atoms with van der Waals surface area (Å²) in [6, 6.07) is 13.9. The molecule has 7 heteroatoms. The van der Waals surface area contributed by atoms with Gasteiger partial charge in [-0.15, -0.1) is 0 Å². The summed E-state index contributed by atoms with van der Waals surface area (Å²) in [5, 5.41) is 0. The van der Waals surface area contributed by atoms with Gasteiger partial charge in [-0.3, -0.25) is 14.6 Å². The molecule has 2 aliphatic heterocycles. The molecule has 0 radical (unpaired) electrons. The molecule has 0 N–H and O–H groups in total. The number of methoxy groups -OCH3 is 2. The first-order valence-corrected chi connectivity index (χ1v) is 11.9. The molecule has 2 aliphatic rings. The molecule has 0 aromatic heterocycles. The van der Waals surface area contributed by atoms with E-state index in [9.17, 15) is 9.59 Å². The summed E-state index contributed by atoms with van der Waals surface area (Å²) in [5.41, 5.74) is 3.89. The molecule has 1 spiro atoms. The van der Waals surface area contributed by atoms with Gasteiger partial charge in [0.05, 0.1) is 20.3 Å². The highest BCUT2D eigenvalue weighted by Crippen LogP contribution is 2.38. The second kappa shape index (κ2) is 10.2. The Bertz CT molecular complexity index is 1030. The van der Waals surface area contributed by atoms with Crippen LogP contribution in [0.3, 0.4) is 0 Å². The first-order valence-electron chi connectivity index (χ1n) is 11.9. The van der Waals surface area contributed by atoms with E-state index in [2.05, 4.69) is 36.9 Å². The van der Waals surface area contributed by atoms with Crippen LogP contribution in [0.5, 0.6) is 5.75 Å². The van der Waals surface area contributed by atoms with E-state index in [0.717, 1.165) is 25.2 Å². The molecule has 182 valence electrons. The maximum absolute atomic E-state index is 13.8. The van der Waals surface area contributed by atoms with Gasteiger partial charge >= 0.3 is 6.03 Å². The number of urea groups is 1. The van der Waals surface area contributed by atoms with Crippen molar-refractivity contribution in [2.45, 2.75) is 45.3 Å². The molecule has 3 amide bonds. The number of likely N-dealkylation sites (tertiary alicyclic amines) is 1. The fourth-order valence-corrected chi connectivity index (χ4v) is 5.35. The Morgan fingerprint density at radius 1 is 0.912 bits per heavy atom. The summed E-state index contributed by atoms with van der Waals surface area (Å²) in [5.74, 6) is 0.615. The second-order valence-electron chi connectivity index (χ2n) is 9.47. The minimum atomic E-state index is -0.798. The highest BCUT2D eigenvalue weighted by molar-refractivity contribution is 6.07. The number of hydrogen-bond acceptors (Lipinski definition) is 5. The number of hydrogen-bond donors (Lipinski definition) is 0. The van der Waals surface area contributed by atoms with E-state index in [4.69, 9.17) is 9.47 Å². The average Bonchev–Trinajstić information content (AvgIpc) is 3.00. The summed E-state index contributed by atoms with van der Waals surface area (Å²) >= 11 is 0. The van der Waals surface area contributed by atoms with Gasteiger partial charge in [0.1, 0.15) is 11.3 Å². The van der Waals surface area contributed by atoms with Gasteiger partial charge < -0.3 is 14.4 Å². The minimum Gasteiger partial charge on any atom is -0.497 e. The van der Waals surface area contributed by atoms with Crippen LogP contribution in [-0.2, 0) is 22.6 Å². The van der Waals surface area contributed by atoms with Crippen LogP contribution in [0.2, 0.25) is 0 Å². The van der Waals surface area contributed by atoms with Crippen molar-refractivity contribution in [3.05, 3.63) is 64.7 Å². The van der Waals surface area contributed by atoms with E-state index in [1.807, 2.05) is 24.3 Å². The number of piperidine rings is 1. The van der Waals surface area contributed by atoms with Crippen LogP contribution in [0.25, 0.3) is 0 Å². The van der Waals surface area contributed by atoms with Crippen molar-refractivity contribution in [2.24, 2.45) is 0 Å². The standard InChI is InChI=1S/C27H35N3O4/c1-20-14-21(2)16-23(15-20)18-28-10-8-27(9-11-28)25(31)29(26(32)30(27)12-13-33-3)19-22-6-5-7-24(17-22)34-4/h5-7,14-17H,8-13,18-19H2,1-4H3. The van der Waals surface area contributed by atoms with Crippen molar-refractivity contribution >= 4 is 11.9 Å². The van der Waals surface area contributed by atoms with Crippen LogP contribution >= 0.6 is 0 Å². The van der Waals surface area contributed by atoms with Crippen molar-refractivity contribution in [2.75, 3.05) is 40.5 Å². The molecule has 0 aliphatic carbocycles. The van der Waals surface area contributed by atoms with Crippen molar-refractivity contribution in [1.82, 2.24) is 14.7 Å². The highest BCUT2D eigenvalue weighted by atomic mass is 16.5. The minimum absolute atomic E-state index is 0.0949. The van der Waals surface area contributed by atoms with E-state index in [0.29, 0.717) is 31.7 Å². The van der Waals surface area contributed by atoms with Gasteiger partial charge in [0.15, 0.2) is 0 Å². The van der Waals surface area contributed by atoms with Crippen molar-refractivity contribution < 1.29 is 19.1 Å². The van der Waals surface area contributed by atoms with E-state index in [1.54, 1.807) is 19.1 Å². The molecule has 0 saturated carbocycles. The summed E-state index contributed by atoms with van der Waals surface area (Å²) in [7, 11) is 3.23. The van der Waals surface area contributed by atoms with Gasteiger partial charge in [-0.05, 0) is 49.9 Å². The molecule has 7 nitrogen and oxygen atoms in total. The molecular formula is C27H35N3O4. The molecule has 4 rings (SSSR count). The van der Waals surface area contributed by atoms with Crippen molar-refractivity contribution in [3.8, 4) is 5.75 Å². The Kier molecular flexibility index (Phi) is 7.24. The van der Waals surface area contributed by atoms with E-state index in [-0.39, 0.29) is 18.5 Å². The summed E-state index contributed by atoms with van der Waals surface area (Å²) in [6.45, 7) is 7.68. The van der Waals surface area contributed by atoms with Crippen LogP contribution < -0.4 is 4.74 Å². The Labute approximate surface area is 202 Å². The zero-order valence-corrected chi connectivity index (χ0v) is 20.7. The van der Waals surface area contributed by atoms with Crippen LogP contribution in [0.15, 0.2) is 42.5 Å². The topological polar surface area (TPSA) is 62.3 Å². The number of amides is 3. The molecule has 2 heterocycles. The van der Waals surface area contributed by atoms with E-state index in [1.165, 1.54) is 21.6 Å². The summed E-state index contributed by atoms with van der Waals surface area (Å²) in [4.78, 5) is 32.7. The molecule has 0 unspecified atom stereocenters. The molecule has 0 atom stereocenters. The SMILES string of the molecule is COCCN1C(=O)N(Cc2cccc(OC)c2)C(=O)C12CCN(Cc1cc(C)cc(C)c1)CC2. The molecule has 2 fully saturated rings. The van der Waals surface area contributed by atoms with Crippen LogP contribution in [0.4, 0.5) is 4.79 Å².